The molecule has 1 saturated heterocycles. The summed E-state index contributed by atoms with van der Waals surface area (Å²) in [4.78, 5) is 25.8. The molecule has 1 fully saturated rings. The summed E-state index contributed by atoms with van der Waals surface area (Å²) in [6.45, 7) is 2.26. The highest BCUT2D eigenvalue weighted by Gasteiger charge is 2.23. The van der Waals surface area contributed by atoms with Crippen molar-refractivity contribution < 1.29 is 19.1 Å². The lowest BCUT2D eigenvalue weighted by Gasteiger charge is -2.32. The first-order valence-electron chi connectivity index (χ1n) is 8.57. The van der Waals surface area contributed by atoms with E-state index in [1.165, 1.54) is 0 Å². The van der Waals surface area contributed by atoms with Gasteiger partial charge in [-0.25, -0.2) is 0 Å². The van der Waals surface area contributed by atoms with Gasteiger partial charge in [0.25, 0.3) is 0 Å². The highest BCUT2D eigenvalue weighted by Crippen LogP contribution is 2.11. The minimum atomic E-state index is -0.100. The molecule has 6 nitrogen and oxygen atoms in total. The third-order valence-electron chi connectivity index (χ3n) is 4.08. The Bertz CT molecular complexity index is 566. The molecule has 0 saturated carbocycles. The Hall–Kier alpha value is -2.18. The fourth-order valence-corrected chi connectivity index (χ4v) is 2.65. The number of likely N-dealkylation sites (tertiary alicyclic amines) is 1. The number of piperidine rings is 1. The van der Waals surface area contributed by atoms with E-state index >= 15 is 0 Å². The zero-order valence-electron chi connectivity index (χ0n) is 14.6. The Balaban J connectivity index is 1.67. The van der Waals surface area contributed by atoms with Crippen LogP contribution in [-0.4, -0.2) is 62.8 Å². The number of hydrogen-bond donors (Lipinski definition) is 1. The van der Waals surface area contributed by atoms with Crippen LogP contribution >= 0.6 is 0 Å². The number of nitrogens with zero attached hydrogens (tertiary/aromatic N) is 1. The Morgan fingerprint density at radius 1 is 1.20 bits per heavy atom. The fourth-order valence-electron chi connectivity index (χ4n) is 2.65. The third kappa shape index (κ3) is 7.07. The number of hydrogen-bond acceptors (Lipinski definition) is 4. The first-order chi connectivity index (χ1) is 12.2. The summed E-state index contributed by atoms with van der Waals surface area (Å²) >= 11 is 0. The van der Waals surface area contributed by atoms with Crippen molar-refractivity contribution in [2.45, 2.75) is 18.9 Å². The quantitative estimate of drug-likeness (QED) is 0.572. The first-order valence-corrected chi connectivity index (χ1v) is 8.57. The highest BCUT2D eigenvalue weighted by atomic mass is 16.5. The van der Waals surface area contributed by atoms with E-state index in [0.29, 0.717) is 26.3 Å². The molecule has 2 rings (SSSR count). The number of ether oxygens (including phenoxy) is 2. The predicted octanol–water partition coefficient (Wildman–Crippen LogP) is 1.47. The van der Waals surface area contributed by atoms with Crippen LogP contribution in [0.4, 0.5) is 0 Å². The smallest absolute Gasteiger partial charge is 0.248 e. The molecule has 6 heteroatoms. The second-order valence-corrected chi connectivity index (χ2v) is 5.95. The summed E-state index contributed by atoms with van der Waals surface area (Å²) in [6, 6.07) is 9.80. The molecule has 0 atom stereocenters. The summed E-state index contributed by atoms with van der Waals surface area (Å²) in [5, 5.41) is 3.00. The lowest BCUT2D eigenvalue weighted by molar-refractivity contribution is -0.137. The minimum Gasteiger partial charge on any atom is -0.382 e. The van der Waals surface area contributed by atoms with Crippen LogP contribution < -0.4 is 5.32 Å². The van der Waals surface area contributed by atoms with Gasteiger partial charge in [0.1, 0.15) is 6.61 Å². The maximum absolute atomic E-state index is 12.0. The van der Waals surface area contributed by atoms with Gasteiger partial charge in [0, 0.05) is 32.3 Å². The molecule has 1 aromatic rings. The van der Waals surface area contributed by atoms with Crippen LogP contribution in [0.5, 0.6) is 0 Å². The molecule has 1 N–H and O–H groups in total. The number of amides is 2. The predicted molar refractivity (Wildman–Crippen MR) is 95.9 cm³/mol. The molecule has 0 radical (unpaired) electrons. The molecule has 1 aliphatic rings. The molecule has 0 bridgehead atoms. The van der Waals surface area contributed by atoms with E-state index in [9.17, 15) is 9.59 Å². The average molecular weight is 346 g/mol. The second kappa shape index (κ2) is 10.6. The maximum Gasteiger partial charge on any atom is 0.248 e. The SMILES string of the molecule is COCCOCC(=O)N1CCC(NC(=O)/C=C/c2ccccc2)CC1. The molecule has 2 amide bonds. The molecular weight excluding hydrogens is 320 g/mol. The Kier molecular flexibility index (Phi) is 8.15. The van der Waals surface area contributed by atoms with Crippen LogP contribution in [0, 0.1) is 0 Å². The van der Waals surface area contributed by atoms with E-state index in [0.717, 1.165) is 18.4 Å². The molecule has 0 spiro atoms. The van der Waals surface area contributed by atoms with Crippen LogP contribution in [-0.2, 0) is 19.1 Å². The lowest BCUT2D eigenvalue weighted by Crippen LogP contribution is -2.47. The van der Waals surface area contributed by atoms with Crippen LogP contribution in [0.1, 0.15) is 18.4 Å². The van der Waals surface area contributed by atoms with Gasteiger partial charge in [-0.3, -0.25) is 9.59 Å². The van der Waals surface area contributed by atoms with Gasteiger partial charge in [0.2, 0.25) is 11.8 Å². The van der Waals surface area contributed by atoms with Crippen LogP contribution in [0.3, 0.4) is 0 Å². The van der Waals surface area contributed by atoms with Gasteiger partial charge < -0.3 is 19.7 Å². The normalized spacial score (nSPS) is 15.5. The van der Waals surface area contributed by atoms with E-state index in [1.807, 2.05) is 30.3 Å². The van der Waals surface area contributed by atoms with Gasteiger partial charge in [0.05, 0.1) is 13.2 Å². The molecule has 1 aliphatic heterocycles. The molecule has 0 unspecified atom stereocenters. The van der Waals surface area contributed by atoms with Crippen molar-refractivity contribution in [1.29, 1.82) is 0 Å². The van der Waals surface area contributed by atoms with Gasteiger partial charge in [-0.05, 0) is 24.5 Å². The van der Waals surface area contributed by atoms with Crippen molar-refractivity contribution in [3.05, 3.63) is 42.0 Å². The Labute approximate surface area is 148 Å². The monoisotopic (exact) mass is 346 g/mol. The molecule has 0 aromatic heterocycles. The highest BCUT2D eigenvalue weighted by molar-refractivity contribution is 5.91. The minimum absolute atomic E-state index is 0.00940. The van der Waals surface area contributed by atoms with Gasteiger partial charge in [-0.15, -0.1) is 0 Å². The standard InChI is InChI=1S/C19H26N2O4/c1-24-13-14-25-15-19(23)21-11-9-17(10-12-21)20-18(22)8-7-16-5-3-2-4-6-16/h2-8,17H,9-15H2,1H3,(H,20,22)/b8-7+. The molecule has 1 heterocycles. The number of nitrogens with one attached hydrogen (secondary N) is 1. The van der Waals surface area contributed by atoms with Crippen molar-refractivity contribution in [3.63, 3.8) is 0 Å². The van der Waals surface area contributed by atoms with E-state index in [4.69, 9.17) is 9.47 Å². The van der Waals surface area contributed by atoms with E-state index in [2.05, 4.69) is 5.32 Å². The first kappa shape index (κ1) is 19.1. The average Bonchev–Trinajstić information content (AvgIpc) is 2.65. The van der Waals surface area contributed by atoms with Gasteiger partial charge in [0.15, 0.2) is 0 Å². The van der Waals surface area contributed by atoms with Crippen molar-refractivity contribution in [2.75, 3.05) is 40.0 Å². The van der Waals surface area contributed by atoms with Gasteiger partial charge in [-0.2, -0.15) is 0 Å². The summed E-state index contributed by atoms with van der Waals surface area (Å²) in [5.74, 6) is -0.110. The number of carbonyl (C=O) groups is 2. The second-order valence-electron chi connectivity index (χ2n) is 5.95. The van der Waals surface area contributed by atoms with E-state index in [1.54, 1.807) is 24.2 Å². The number of benzene rings is 1. The lowest BCUT2D eigenvalue weighted by atomic mass is 10.0. The molecule has 136 valence electrons. The zero-order chi connectivity index (χ0) is 17.9. The summed E-state index contributed by atoms with van der Waals surface area (Å²) in [7, 11) is 1.60. The Morgan fingerprint density at radius 2 is 1.92 bits per heavy atom. The Morgan fingerprint density at radius 3 is 2.60 bits per heavy atom. The zero-order valence-corrected chi connectivity index (χ0v) is 14.6. The fraction of sp³-hybridized carbons (Fsp3) is 0.474. The van der Waals surface area contributed by atoms with E-state index in [-0.39, 0.29) is 24.5 Å². The number of carbonyl (C=O) groups excluding carboxylic acids is 2. The van der Waals surface area contributed by atoms with Crippen LogP contribution in [0.15, 0.2) is 36.4 Å². The molecule has 0 aliphatic carbocycles. The van der Waals surface area contributed by atoms with Gasteiger partial charge >= 0.3 is 0 Å². The third-order valence-corrected chi connectivity index (χ3v) is 4.08. The summed E-state index contributed by atoms with van der Waals surface area (Å²) in [5.41, 5.74) is 0.992. The largest absolute Gasteiger partial charge is 0.382 e. The maximum atomic E-state index is 12.0. The van der Waals surface area contributed by atoms with Crippen molar-refractivity contribution in [2.24, 2.45) is 0 Å². The van der Waals surface area contributed by atoms with Crippen molar-refractivity contribution >= 4 is 17.9 Å². The van der Waals surface area contributed by atoms with Gasteiger partial charge in [-0.1, -0.05) is 30.3 Å². The topological polar surface area (TPSA) is 67.9 Å². The van der Waals surface area contributed by atoms with Crippen LogP contribution in [0.25, 0.3) is 6.08 Å². The van der Waals surface area contributed by atoms with E-state index < -0.39 is 0 Å². The summed E-state index contributed by atoms with van der Waals surface area (Å²) in [6.07, 6.45) is 4.87. The molecular formula is C19H26N2O4. The molecule has 25 heavy (non-hydrogen) atoms. The van der Waals surface area contributed by atoms with Crippen LogP contribution in [0.2, 0.25) is 0 Å². The summed E-state index contributed by atoms with van der Waals surface area (Å²) < 4.78 is 10.1. The molecule has 1 aromatic carbocycles. The van der Waals surface area contributed by atoms with Crippen molar-refractivity contribution in [1.82, 2.24) is 10.2 Å². The number of rotatable bonds is 8. The number of methoxy groups -OCH3 is 1. The van der Waals surface area contributed by atoms with Crippen molar-refractivity contribution in [3.8, 4) is 0 Å².